The van der Waals surface area contributed by atoms with E-state index in [-0.39, 0.29) is 0 Å². The van der Waals surface area contributed by atoms with Crippen LogP contribution in [0.5, 0.6) is 0 Å². The standard InChI is InChI=1S/C18H14BrF3N2O2/c1-24-8-11(9-2-4-10(19)5-3-9)14(18(24)26)17(25)23-13-7-6-12(20)15(21)16(13)22/h2-7,11,14H,8H2,1H3,(H,23,25)/t11-,14+/m1/s1. The molecule has 26 heavy (non-hydrogen) atoms. The van der Waals surface area contributed by atoms with Crippen LogP contribution in [0.4, 0.5) is 18.9 Å². The van der Waals surface area contributed by atoms with Gasteiger partial charge in [-0.3, -0.25) is 9.59 Å². The Balaban J connectivity index is 1.89. The molecule has 0 unspecified atom stereocenters. The van der Waals surface area contributed by atoms with Crippen molar-refractivity contribution >= 4 is 33.4 Å². The molecule has 3 rings (SSSR count). The molecule has 0 saturated carbocycles. The van der Waals surface area contributed by atoms with Crippen LogP contribution in [0.15, 0.2) is 40.9 Å². The summed E-state index contributed by atoms with van der Waals surface area (Å²) < 4.78 is 41.1. The van der Waals surface area contributed by atoms with E-state index in [9.17, 15) is 22.8 Å². The number of carbonyl (C=O) groups is 2. The lowest BCUT2D eigenvalue weighted by Gasteiger charge is -2.17. The average molecular weight is 427 g/mol. The number of hydrogen-bond donors (Lipinski definition) is 1. The predicted octanol–water partition coefficient (Wildman–Crippen LogP) is 3.68. The number of likely N-dealkylation sites (tertiary alicyclic amines) is 1. The van der Waals surface area contributed by atoms with E-state index < -0.39 is 46.8 Å². The van der Waals surface area contributed by atoms with Gasteiger partial charge in [-0.25, -0.2) is 13.2 Å². The highest BCUT2D eigenvalue weighted by Crippen LogP contribution is 2.34. The van der Waals surface area contributed by atoms with Crippen LogP contribution >= 0.6 is 15.9 Å². The molecule has 1 heterocycles. The van der Waals surface area contributed by atoms with Crippen molar-refractivity contribution in [3.8, 4) is 0 Å². The Kier molecular flexibility index (Phi) is 5.04. The summed E-state index contributed by atoms with van der Waals surface area (Å²) >= 11 is 3.32. The van der Waals surface area contributed by atoms with E-state index in [0.29, 0.717) is 12.6 Å². The Morgan fingerprint density at radius 3 is 2.42 bits per heavy atom. The lowest BCUT2D eigenvalue weighted by atomic mass is 9.88. The Labute approximate surface area is 156 Å². The number of carbonyl (C=O) groups excluding carboxylic acids is 2. The van der Waals surface area contributed by atoms with Gasteiger partial charge in [0.15, 0.2) is 17.5 Å². The highest BCUT2D eigenvalue weighted by molar-refractivity contribution is 9.10. The molecule has 4 nitrogen and oxygen atoms in total. The Morgan fingerprint density at radius 2 is 1.77 bits per heavy atom. The molecule has 2 atom stereocenters. The molecule has 2 aromatic carbocycles. The second-order valence-corrected chi connectivity index (χ2v) is 6.98. The second-order valence-electron chi connectivity index (χ2n) is 6.07. The molecular weight excluding hydrogens is 413 g/mol. The molecule has 0 spiro atoms. The molecule has 1 aliphatic rings. The van der Waals surface area contributed by atoms with Gasteiger partial charge >= 0.3 is 0 Å². The number of rotatable bonds is 3. The van der Waals surface area contributed by atoms with Gasteiger partial charge in [-0.2, -0.15) is 0 Å². The molecule has 1 aliphatic heterocycles. The Morgan fingerprint density at radius 1 is 1.12 bits per heavy atom. The monoisotopic (exact) mass is 426 g/mol. The van der Waals surface area contributed by atoms with E-state index in [1.165, 1.54) is 4.90 Å². The fraction of sp³-hybridized carbons (Fsp3) is 0.222. The summed E-state index contributed by atoms with van der Waals surface area (Å²) in [6, 6.07) is 8.80. The second kappa shape index (κ2) is 7.11. The number of anilines is 1. The zero-order chi connectivity index (χ0) is 19.0. The quantitative estimate of drug-likeness (QED) is 0.601. The third-order valence-electron chi connectivity index (χ3n) is 4.39. The van der Waals surface area contributed by atoms with Gasteiger partial charge in [0.05, 0.1) is 5.69 Å². The summed E-state index contributed by atoms with van der Waals surface area (Å²) in [7, 11) is 1.57. The fourth-order valence-corrected chi connectivity index (χ4v) is 3.30. The lowest BCUT2D eigenvalue weighted by Crippen LogP contribution is -2.33. The van der Waals surface area contributed by atoms with E-state index in [0.717, 1.165) is 16.1 Å². The number of nitrogens with zero attached hydrogens (tertiary/aromatic N) is 1. The molecule has 1 saturated heterocycles. The van der Waals surface area contributed by atoms with Crippen molar-refractivity contribution in [3.05, 3.63) is 63.9 Å². The first-order valence-corrected chi connectivity index (χ1v) is 8.53. The molecule has 0 aliphatic carbocycles. The lowest BCUT2D eigenvalue weighted by molar-refractivity contribution is -0.135. The molecule has 0 radical (unpaired) electrons. The molecule has 1 fully saturated rings. The number of likely N-dealkylation sites (N-methyl/N-ethyl adjacent to an activating group) is 1. The van der Waals surface area contributed by atoms with Crippen molar-refractivity contribution in [1.29, 1.82) is 0 Å². The van der Waals surface area contributed by atoms with Crippen molar-refractivity contribution in [2.24, 2.45) is 5.92 Å². The first-order chi connectivity index (χ1) is 12.3. The molecule has 0 bridgehead atoms. The van der Waals surface area contributed by atoms with Crippen LogP contribution < -0.4 is 5.32 Å². The maximum Gasteiger partial charge on any atom is 0.237 e. The van der Waals surface area contributed by atoms with E-state index >= 15 is 0 Å². The van der Waals surface area contributed by atoms with Crippen LogP contribution in [-0.2, 0) is 9.59 Å². The van der Waals surface area contributed by atoms with Crippen molar-refractivity contribution in [2.45, 2.75) is 5.92 Å². The predicted molar refractivity (Wildman–Crippen MR) is 93.0 cm³/mol. The SMILES string of the molecule is CN1C[C@H](c2ccc(Br)cc2)[C@@H](C(=O)Nc2ccc(F)c(F)c2F)C1=O. The fourth-order valence-electron chi connectivity index (χ4n) is 3.04. The smallest absolute Gasteiger partial charge is 0.237 e. The molecule has 1 N–H and O–H groups in total. The Bertz CT molecular complexity index is 873. The largest absolute Gasteiger partial charge is 0.344 e. The van der Waals surface area contributed by atoms with Gasteiger partial charge in [-0.05, 0) is 29.8 Å². The summed E-state index contributed by atoms with van der Waals surface area (Å²) in [6.45, 7) is 0.318. The summed E-state index contributed by atoms with van der Waals surface area (Å²) in [5.41, 5.74) is 0.266. The third kappa shape index (κ3) is 3.33. The highest BCUT2D eigenvalue weighted by atomic mass is 79.9. The molecule has 2 aromatic rings. The first-order valence-electron chi connectivity index (χ1n) is 7.74. The summed E-state index contributed by atoms with van der Waals surface area (Å²) in [4.78, 5) is 26.5. The van der Waals surface area contributed by atoms with E-state index in [2.05, 4.69) is 21.2 Å². The zero-order valence-electron chi connectivity index (χ0n) is 13.6. The van der Waals surface area contributed by atoms with Crippen molar-refractivity contribution in [3.63, 3.8) is 0 Å². The maximum absolute atomic E-state index is 13.8. The number of hydrogen-bond acceptors (Lipinski definition) is 2. The minimum absolute atomic E-state index is 0.318. The molecule has 8 heteroatoms. The van der Waals surface area contributed by atoms with E-state index in [1.54, 1.807) is 31.3 Å². The average Bonchev–Trinajstić information content (AvgIpc) is 2.91. The number of nitrogens with one attached hydrogen (secondary N) is 1. The topological polar surface area (TPSA) is 49.4 Å². The zero-order valence-corrected chi connectivity index (χ0v) is 15.2. The van der Waals surface area contributed by atoms with Gasteiger partial charge in [0, 0.05) is 24.0 Å². The number of halogens is 4. The van der Waals surface area contributed by atoms with Crippen LogP contribution in [0.2, 0.25) is 0 Å². The summed E-state index contributed by atoms with van der Waals surface area (Å²) in [6.07, 6.45) is 0. The van der Waals surface area contributed by atoms with Crippen molar-refractivity contribution in [2.75, 3.05) is 18.9 Å². The van der Waals surface area contributed by atoms with Crippen molar-refractivity contribution in [1.82, 2.24) is 4.90 Å². The van der Waals surface area contributed by atoms with Crippen molar-refractivity contribution < 1.29 is 22.8 Å². The van der Waals surface area contributed by atoms with Gasteiger partial charge in [-0.15, -0.1) is 0 Å². The maximum atomic E-state index is 13.8. The minimum Gasteiger partial charge on any atom is -0.344 e. The van der Waals surface area contributed by atoms with Gasteiger partial charge in [0.25, 0.3) is 0 Å². The number of benzene rings is 2. The first kappa shape index (κ1) is 18.4. The van der Waals surface area contributed by atoms with E-state index in [1.807, 2.05) is 0 Å². The van der Waals surface area contributed by atoms with E-state index in [4.69, 9.17) is 0 Å². The minimum atomic E-state index is -1.68. The highest BCUT2D eigenvalue weighted by Gasteiger charge is 2.44. The van der Waals surface area contributed by atoms with Crippen LogP contribution in [0.3, 0.4) is 0 Å². The summed E-state index contributed by atoms with van der Waals surface area (Å²) in [5, 5.41) is 2.20. The van der Waals surface area contributed by atoms with Gasteiger partial charge < -0.3 is 10.2 Å². The van der Waals surface area contributed by atoms with Gasteiger partial charge in [-0.1, -0.05) is 28.1 Å². The van der Waals surface area contributed by atoms with Gasteiger partial charge in [0.1, 0.15) is 5.92 Å². The van der Waals surface area contributed by atoms with Crippen LogP contribution in [-0.4, -0.2) is 30.3 Å². The van der Waals surface area contributed by atoms with Crippen LogP contribution in [0.1, 0.15) is 11.5 Å². The summed E-state index contributed by atoms with van der Waals surface area (Å²) in [5.74, 6) is -7.25. The molecule has 136 valence electrons. The Hall–Kier alpha value is -2.35. The number of amides is 2. The van der Waals surface area contributed by atoms with Crippen LogP contribution in [0.25, 0.3) is 0 Å². The molecule has 0 aromatic heterocycles. The van der Waals surface area contributed by atoms with Gasteiger partial charge in [0.2, 0.25) is 11.8 Å². The molecular formula is C18H14BrF3N2O2. The third-order valence-corrected chi connectivity index (χ3v) is 4.92. The van der Waals surface area contributed by atoms with Crippen LogP contribution in [0, 0.1) is 23.4 Å². The normalized spacial score (nSPS) is 19.7. The molecule has 2 amide bonds.